The first-order chi connectivity index (χ1) is 9.04. The van der Waals surface area contributed by atoms with Crippen molar-refractivity contribution in [1.82, 2.24) is 9.97 Å². The molecule has 7 heteroatoms. The lowest BCUT2D eigenvalue weighted by atomic mass is 10.3. The van der Waals surface area contributed by atoms with Crippen molar-refractivity contribution >= 4 is 17.6 Å². The smallest absolute Gasteiger partial charge is 0.322 e. The van der Waals surface area contributed by atoms with E-state index < -0.39 is 5.82 Å². The van der Waals surface area contributed by atoms with Crippen molar-refractivity contribution in [3.63, 3.8) is 0 Å². The van der Waals surface area contributed by atoms with Gasteiger partial charge in [0.05, 0.1) is 5.69 Å². The van der Waals surface area contributed by atoms with E-state index in [1.165, 1.54) is 18.2 Å². The summed E-state index contributed by atoms with van der Waals surface area (Å²) in [4.78, 5) is 20.4. The Kier molecular flexibility index (Phi) is 3.56. The molecule has 0 saturated heterocycles. The first-order valence-electron chi connectivity index (χ1n) is 5.53. The Bertz CT molecular complexity index is 680. The number of anilines is 1. The number of nitrogens with one attached hydrogen (secondary N) is 3. The average Bonchev–Trinajstić information content (AvgIpc) is 2.30. The maximum atomic E-state index is 13.4. The molecule has 6 nitrogen and oxygen atoms in total. The summed E-state index contributed by atoms with van der Waals surface area (Å²) in [7, 11) is 0. The van der Waals surface area contributed by atoms with Gasteiger partial charge in [-0.1, -0.05) is 12.1 Å². The van der Waals surface area contributed by atoms with Crippen LogP contribution in [0.1, 0.15) is 5.69 Å². The molecule has 0 radical (unpaired) electrons. The normalized spacial score (nSPS) is 11.4. The van der Waals surface area contributed by atoms with Gasteiger partial charge in [0.2, 0.25) is 0 Å². The van der Waals surface area contributed by atoms with Gasteiger partial charge in [0, 0.05) is 6.07 Å². The van der Waals surface area contributed by atoms with Gasteiger partial charge in [-0.25, -0.2) is 14.4 Å². The van der Waals surface area contributed by atoms with Crippen LogP contribution in [0.5, 0.6) is 0 Å². The van der Waals surface area contributed by atoms with Gasteiger partial charge in [-0.3, -0.25) is 10.1 Å². The summed E-state index contributed by atoms with van der Waals surface area (Å²) in [5.74, 6) is -0.192. The molecule has 0 bridgehead atoms. The average molecular weight is 262 g/mol. The number of guanidine groups is 1. The molecule has 19 heavy (non-hydrogen) atoms. The van der Waals surface area contributed by atoms with Crippen LogP contribution in [0.3, 0.4) is 0 Å². The largest absolute Gasteiger partial charge is 0.325 e. The number of H-pyrrole nitrogens is 1. The third-order valence-corrected chi connectivity index (χ3v) is 2.27. The standard InChI is InChI=1S/C12H12FN5O/c1-7-6-10(19)17-12(15-7)18-11(14)16-9-5-3-2-4-8(9)13/h2-6H,1H3,(H4,14,15,16,17,18,19)/p+1. The fourth-order valence-electron chi connectivity index (χ4n) is 1.50. The van der Waals surface area contributed by atoms with E-state index in [2.05, 4.69) is 20.3 Å². The highest BCUT2D eigenvalue weighted by atomic mass is 19.1. The minimum atomic E-state index is -0.432. The SMILES string of the molecule is Cc1cc(=O)[nH]c([NH+]=C(N)Nc2ccccc2F)n1. The molecular formula is C12H13FN5O+. The first-order valence-corrected chi connectivity index (χ1v) is 5.53. The van der Waals surface area contributed by atoms with E-state index in [1.807, 2.05) is 0 Å². The number of para-hydroxylation sites is 1. The number of benzene rings is 1. The summed E-state index contributed by atoms with van der Waals surface area (Å²) in [6, 6.07) is 7.44. The van der Waals surface area contributed by atoms with E-state index in [-0.39, 0.29) is 23.2 Å². The molecular weight excluding hydrogens is 249 g/mol. The Hall–Kier alpha value is -2.70. The van der Waals surface area contributed by atoms with E-state index in [9.17, 15) is 9.18 Å². The first kappa shape index (κ1) is 12.7. The number of halogens is 1. The Morgan fingerprint density at radius 2 is 2.21 bits per heavy atom. The van der Waals surface area contributed by atoms with Crippen molar-refractivity contribution in [2.24, 2.45) is 5.73 Å². The summed E-state index contributed by atoms with van der Waals surface area (Å²) >= 11 is 0. The molecule has 0 saturated carbocycles. The van der Waals surface area contributed by atoms with Crippen LogP contribution in [0, 0.1) is 12.7 Å². The Balaban J connectivity index is 2.24. The molecule has 1 heterocycles. The van der Waals surface area contributed by atoms with Crippen LogP contribution in [-0.4, -0.2) is 15.9 Å². The summed E-state index contributed by atoms with van der Waals surface area (Å²) in [5, 5.41) is 2.64. The lowest BCUT2D eigenvalue weighted by Crippen LogP contribution is -2.73. The number of nitrogens with zero attached hydrogens (tertiary/aromatic N) is 1. The Labute approximate surface area is 108 Å². The van der Waals surface area contributed by atoms with Crippen LogP contribution in [0.25, 0.3) is 0 Å². The minimum Gasteiger partial charge on any atom is -0.322 e. The monoisotopic (exact) mass is 262 g/mol. The molecule has 0 aliphatic carbocycles. The van der Waals surface area contributed by atoms with Gasteiger partial charge in [0.25, 0.3) is 11.5 Å². The van der Waals surface area contributed by atoms with Gasteiger partial charge in [0.15, 0.2) is 5.82 Å². The number of aromatic amines is 1. The molecule has 0 aliphatic rings. The molecule has 0 aliphatic heterocycles. The van der Waals surface area contributed by atoms with Gasteiger partial charge in [-0.05, 0) is 19.1 Å². The van der Waals surface area contributed by atoms with Gasteiger partial charge in [-0.15, -0.1) is 4.98 Å². The molecule has 0 spiro atoms. The molecule has 0 fully saturated rings. The highest BCUT2D eigenvalue weighted by molar-refractivity contribution is 5.88. The van der Waals surface area contributed by atoms with Crippen LogP contribution in [0.4, 0.5) is 16.0 Å². The predicted molar refractivity (Wildman–Crippen MR) is 69.4 cm³/mol. The molecule has 0 atom stereocenters. The number of hydrogen-bond acceptors (Lipinski definition) is 2. The van der Waals surface area contributed by atoms with Gasteiger partial charge in [-0.2, -0.15) is 0 Å². The molecule has 1 aromatic heterocycles. The zero-order valence-corrected chi connectivity index (χ0v) is 10.2. The van der Waals surface area contributed by atoms with Gasteiger partial charge in [0.1, 0.15) is 5.69 Å². The zero-order chi connectivity index (χ0) is 13.8. The van der Waals surface area contributed by atoms with Crippen molar-refractivity contribution in [3.05, 3.63) is 52.2 Å². The second-order valence-electron chi connectivity index (χ2n) is 3.88. The Morgan fingerprint density at radius 3 is 2.89 bits per heavy atom. The van der Waals surface area contributed by atoms with Crippen molar-refractivity contribution in [2.75, 3.05) is 5.32 Å². The third-order valence-electron chi connectivity index (χ3n) is 2.27. The Morgan fingerprint density at radius 1 is 1.47 bits per heavy atom. The lowest BCUT2D eigenvalue weighted by Gasteiger charge is -2.02. The number of aryl methyl sites for hydroxylation is 1. The predicted octanol–water partition coefficient (Wildman–Crippen LogP) is -0.644. The zero-order valence-electron chi connectivity index (χ0n) is 10.2. The summed E-state index contributed by atoms with van der Waals surface area (Å²) in [6.07, 6.45) is 0. The molecule has 1 aromatic carbocycles. The van der Waals surface area contributed by atoms with Crippen LogP contribution in [0.15, 0.2) is 35.1 Å². The van der Waals surface area contributed by atoms with E-state index in [4.69, 9.17) is 5.73 Å². The summed E-state index contributed by atoms with van der Waals surface area (Å²) in [5.41, 5.74) is 6.15. The molecule has 0 unspecified atom stereocenters. The van der Waals surface area contributed by atoms with Crippen LogP contribution in [-0.2, 0) is 0 Å². The molecule has 2 aromatic rings. The molecule has 2 rings (SSSR count). The third kappa shape index (κ3) is 3.38. The van der Waals surface area contributed by atoms with E-state index in [0.717, 1.165) is 0 Å². The fourth-order valence-corrected chi connectivity index (χ4v) is 1.50. The lowest BCUT2D eigenvalue weighted by molar-refractivity contribution is -0.365. The number of rotatable bonds is 2. The topological polar surface area (TPSA) is 97.8 Å². The number of nitrogens with two attached hydrogens (primary N) is 1. The van der Waals surface area contributed by atoms with E-state index in [1.54, 1.807) is 19.1 Å². The highest BCUT2D eigenvalue weighted by Crippen LogP contribution is 2.10. The second kappa shape index (κ2) is 5.30. The number of hydrogen-bond donors (Lipinski definition) is 4. The minimum absolute atomic E-state index is 0.0545. The van der Waals surface area contributed by atoms with Gasteiger partial charge >= 0.3 is 5.95 Å². The maximum absolute atomic E-state index is 13.4. The summed E-state index contributed by atoms with van der Waals surface area (Å²) in [6.45, 7) is 1.68. The van der Waals surface area contributed by atoms with Crippen LogP contribution < -0.4 is 21.6 Å². The maximum Gasteiger partial charge on any atom is 0.325 e. The van der Waals surface area contributed by atoms with Gasteiger partial charge < -0.3 is 5.73 Å². The number of aromatic nitrogens is 2. The fraction of sp³-hybridized carbons (Fsp3) is 0.0833. The highest BCUT2D eigenvalue weighted by Gasteiger charge is 2.06. The van der Waals surface area contributed by atoms with Crippen molar-refractivity contribution < 1.29 is 9.38 Å². The van der Waals surface area contributed by atoms with Crippen LogP contribution >= 0.6 is 0 Å². The molecule has 98 valence electrons. The van der Waals surface area contributed by atoms with E-state index in [0.29, 0.717) is 5.69 Å². The molecule has 5 N–H and O–H groups in total. The second-order valence-corrected chi connectivity index (χ2v) is 3.88. The van der Waals surface area contributed by atoms with Crippen LogP contribution in [0.2, 0.25) is 0 Å². The van der Waals surface area contributed by atoms with Crippen molar-refractivity contribution in [2.45, 2.75) is 6.92 Å². The van der Waals surface area contributed by atoms with E-state index >= 15 is 0 Å². The quantitative estimate of drug-likeness (QED) is 0.427. The van der Waals surface area contributed by atoms with Crippen molar-refractivity contribution in [1.29, 1.82) is 0 Å². The molecule has 0 amide bonds. The van der Waals surface area contributed by atoms with Crippen molar-refractivity contribution in [3.8, 4) is 0 Å². The summed E-state index contributed by atoms with van der Waals surface area (Å²) < 4.78 is 13.4.